The van der Waals surface area contributed by atoms with E-state index in [0.29, 0.717) is 22.3 Å². The topological polar surface area (TPSA) is 52.3 Å². The van der Waals surface area contributed by atoms with E-state index in [1.165, 1.54) is 12.1 Å². The Morgan fingerprint density at radius 2 is 1.80 bits per heavy atom. The van der Waals surface area contributed by atoms with Crippen molar-refractivity contribution >= 4 is 5.97 Å². The summed E-state index contributed by atoms with van der Waals surface area (Å²) >= 11 is 0. The van der Waals surface area contributed by atoms with Crippen LogP contribution in [0.25, 0.3) is 11.1 Å². The molecule has 0 amide bonds. The predicted octanol–water partition coefficient (Wildman–Crippen LogP) is 4.51. The summed E-state index contributed by atoms with van der Waals surface area (Å²) in [4.78, 5) is 11.7. The number of nitrogens with two attached hydrogens (primary N) is 1. The van der Waals surface area contributed by atoms with Gasteiger partial charge < -0.3 is 10.5 Å². The van der Waals surface area contributed by atoms with Crippen LogP contribution < -0.4 is 5.73 Å². The van der Waals surface area contributed by atoms with Gasteiger partial charge in [0.05, 0.1) is 13.0 Å². The number of carbonyl (C=O) groups excluding carboxylic acids is 1. The number of benzene rings is 2. The molecule has 2 N–H and O–H groups in total. The van der Waals surface area contributed by atoms with Crippen LogP contribution in [0.2, 0.25) is 0 Å². The van der Waals surface area contributed by atoms with Gasteiger partial charge in [0.15, 0.2) is 0 Å². The minimum absolute atomic E-state index is 0.136. The van der Waals surface area contributed by atoms with Gasteiger partial charge in [0.2, 0.25) is 0 Å². The zero-order chi connectivity index (χ0) is 18.7. The van der Waals surface area contributed by atoms with Gasteiger partial charge in [-0.1, -0.05) is 12.1 Å². The normalized spacial score (nSPS) is 12.1. The van der Waals surface area contributed by atoms with Gasteiger partial charge in [0.25, 0.3) is 0 Å². The minimum atomic E-state index is -0.856. The van der Waals surface area contributed by atoms with E-state index in [1.807, 2.05) is 0 Å². The molecule has 5 heteroatoms. The molecule has 134 valence electrons. The maximum atomic E-state index is 14.7. The van der Waals surface area contributed by atoms with Gasteiger partial charge in [-0.15, -0.1) is 0 Å². The molecule has 0 aliphatic rings. The number of aryl methyl sites for hydroxylation is 1. The molecule has 0 aliphatic carbocycles. The Labute approximate surface area is 146 Å². The van der Waals surface area contributed by atoms with E-state index in [-0.39, 0.29) is 24.4 Å². The Balaban J connectivity index is 2.52. The first-order valence-electron chi connectivity index (χ1n) is 8.23. The summed E-state index contributed by atoms with van der Waals surface area (Å²) in [6, 6.07) is 5.59. The molecule has 0 bridgehead atoms. The zero-order valence-corrected chi connectivity index (χ0v) is 15.0. The molecule has 0 spiro atoms. The Morgan fingerprint density at radius 3 is 2.40 bits per heavy atom. The summed E-state index contributed by atoms with van der Waals surface area (Å²) in [5.41, 5.74) is 9.01. The van der Waals surface area contributed by atoms with Crippen LogP contribution >= 0.6 is 0 Å². The van der Waals surface area contributed by atoms with Crippen molar-refractivity contribution in [2.24, 2.45) is 5.73 Å². The SMILES string of the molecule is CCOC(=O)CC(N)c1cc(-c2ccc(C)cc2F)c(C)c(C)c1F. The number of ether oxygens (including phenoxy) is 1. The van der Waals surface area contributed by atoms with Gasteiger partial charge in [-0.3, -0.25) is 4.79 Å². The van der Waals surface area contributed by atoms with Gasteiger partial charge in [0, 0.05) is 17.2 Å². The third-order valence-corrected chi connectivity index (χ3v) is 4.36. The van der Waals surface area contributed by atoms with Crippen molar-refractivity contribution in [3.8, 4) is 11.1 Å². The molecule has 2 rings (SSSR count). The standard InChI is InChI=1S/C20H23F2NO2/c1-5-25-19(24)10-18(23)16-9-15(12(3)13(4)20(16)22)14-7-6-11(2)8-17(14)21/h6-9,18H,5,10,23H2,1-4H3. The van der Waals surface area contributed by atoms with Gasteiger partial charge in [-0.25, -0.2) is 8.78 Å². The summed E-state index contributed by atoms with van der Waals surface area (Å²) in [5.74, 6) is -1.33. The summed E-state index contributed by atoms with van der Waals surface area (Å²) in [5, 5.41) is 0. The second-order valence-corrected chi connectivity index (χ2v) is 6.18. The minimum Gasteiger partial charge on any atom is -0.466 e. The van der Waals surface area contributed by atoms with E-state index in [2.05, 4.69) is 0 Å². The van der Waals surface area contributed by atoms with Gasteiger partial charge in [-0.05, 0) is 62.1 Å². The van der Waals surface area contributed by atoms with Gasteiger partial charge in [-0.2, -0.15) is 0 Å². The smallest absolute Gasteiger partial charge is 0.307 e. The van der Waals surface area contributed by atoms with Crippen molar-refractivity contribution in [1.82, 2.24) is 0 Å². The van der Waals surface area contributed by atoms with Crippen molar-refractivity contribution in [3.63, 3.8) is 0 Å². The fraction of sp³-hybridized carbons (Fsp3) is 0.350. The molecule has 0 aliphatic heterocycles. The summed E-state index contributed by atoms with van der Waals surface area (Å²) in [6.07, 6.45) is -0.136. The highest BCUT2D eigenvalue weighted by molar-refractivity contribution is 5.73. The number of esters is 1. The van der Waals surface area contributed by atoms with Crippen molar-refractivity contribution < 1.29 is 18.3 Å². The highest BCUT2D eigenvalue weighted by Gasteiger charge is 2.22. The van der Waals surface area contributed by atoms with Crippen molar-refractivity contribution in [1.29, 1.82) is 0 Å². The quantitative estimate of drug-likeness (QED) is 0.810. The van der Waals surface area contributed by atoms with Crippen LogP contribution in [0, 0.1) is 32.4 Å². The summed E-state index contributed by atoms with van der Waals surface area (Å²) in [7, 11) is 0. The molecule has 1 unspecified atom stereocenters. The van der Waals surface area contributed by atoms with Gasteiger partial charge in [0.1, 0.15) is 11.6 Å². The number of rotatable bonds is 5. The Kier molecular flexibility index (Phi) is 5.90. The maximum absolute atomic E-state index is 14.7. The van der Waals surface area contributed by atoms with Crippen LogP contribution in [-0.4, -0.2) is 12.6 Å². The monoisotopic (exact) mass is 347 g/mol. The molecule has 0 radical (unpaired) electrons. The molecule has 3 nitrogen and oxygen atoms in total. The van der Waals surface area contributed by atoms with Crippen LogP contribution in [0.15, 0.2) is 24.3 Å². The second kappa shape index (κ2) is 7.74. The lowest BCUT2D eigenvalue weighted by atomic mass is 9.90. The number of carbonyl (C=O) groups is 1. The fourth-order valence-electron chi connectivity index (χ4n) is 2.81. The van der Waals surface area contributed by atoms with Crippen molar-refractivity contribution in [3.05, 3.63) is 58.2 Å². The molecular formula is C20H23F2NO2. The van der Waals surface area contributed by atoms with Crippen LogP contribution in [0.4, 0.5) is 8.78 Å². The predicted molar refractivity (Wildman–Crippen MR) is 94.2 cm³/mol. The fourth-order valence-corrected chi connectivity index (χ4v) is 2.81. The molecule has 0 fully saturated rings. The van der Waals surface area contributed by atoms with Crippen LogP contribution in [0.1, 0.15) is 41.6 Å². The molecule has 0 saturated carbocycles. The first-order chi connectivity index (χ1) is 11.8. The number of hydrogen-bond donors (Lipinski definition) is 1. The molecule has 0 saturated heterocycles. The highest BCUT2D eigenvalue weighted by Crippen LogP contribution is 2.34. The first-order valence-corrected chi connectivity index (χ1v) is 8.23. The highest BCUT2D eigenvalue weighted by atomic mass is 19.1. The molecule has 25 heavy (non-hydrogen) atoms. The first kappa shape index (κ1) is 19.1. The van der Waals surface area contributed by atoms with Crippen molar-refractivity contribution in [2.45, 2.75) is 40.2 Å². The maximum Gasteiger partial charge on any atom is 0.307 e. The van der Waals surface area contributed by atoms with E-state index >= 15 is 0 Å². The molecule has 2 aromatic carbocycles. The molecule has 0 heterocycles. The molecule has 1 atom stereocenters. The molecule has 2 aromatic rings. The van der Waals surface area contributed by atoms with Crippen LogP contribution in [-0.2, 0) is 9.53 Å². The van der Waals surface area contributed by atoms with Crippen LogP contribution in [0.5, 0.6) is 0 Å². The van der Waals surface area contributed by atoms with E-state index < -0.39 is 17.8 Å². The summed E-state index contributed by atoms with van der Waals surface area (Å²) < 4.78 is 33.9. The van der Waals surface area contributed by atoms with E-state index in [0.717, 1.165) is 5.56 Å². The third-order valence-electron chi connectivity index (χ3n) is 4.36. The largest absolute Gasteiger partial charge is 0.466 e. The van der Waals surface area contributed by atoms with E-state index in [4.69, 9.17) is 10.5 Å². The Morgan fingerprint density at radius 1 is 1.12 bits per heavy atom. The average Bonchev–Trinajstić information content (AvgIpc) is 2.54. The van der Waals surface area contributed by atoms with E-state index in [1.54, 1.807) is 39.8 Å². The van der Waals surface area contributed by atoms with Crippen molar-refractivity contribution in [2.75, 3.05) is 6.61 Å². The van der Waals surface area contributed by atoms with E-state index in [9.17, 15) is 13.6 Å². The Hall–Kier alpha value is -2.27. The lowest BCUT2D eigenvalue weighted by Gasteiger charge is -2.19. The molecular weight excluding hydrogens is 324 g/mol. The van der Waals surface area contributed by atoms with Gasteiger partial charge >= 0.3 is 5.97 Å². The molecule has 0 aromatic heterocycles. The zero-order valence-electron chi connectivity index (χ0n) is 15.0. The third kappa shape index (κ3) is 4.04. The van der Waals surface area contributed by atoms with Crippen LogP contribution in [0.3, 0.4) is 0 Å². The lowest BCUT2D eigenvalue weighted by molar-refractivity contribution is -0.143. The average molecular weight is 347 g/mol. The lowest BCUT2D eigenvalue weighted by Crippen LogP contribution is -2.19. The number of hydrogen-bond acceptors (Lipinski definition) is 3. The second-order valence-electron chi connectivity index (χ2n) is 6.18. The number of halogens is 2. The summed E-state index contributed by atoms with van der Waals surface area (Å²) in [6.45, 7) is 7.10. The Bertz CT molecular complexity index is 803.